The van der Waals surface area contributed by atoms with E-state index in [-0.39, 0.29) is 11.4 Å². The van der Waals surface area contributed by atoms with E-state index in [1.165, 1.54) is 19.4 Å². The number of ether oxygens (including phenoxy) is 1. The van der Waals surface area contributed by atoms with Crippen molar-refractivity contribution in [2.24, 2.45) is 5.73 Å². The van der Waals surface area contributed by atoms with E-state index < -0.39 is 10.0 Å². The number of aromatic nitrogens is 1. The molecule has 0 saturated heterocycles. The molecule has 2 aromatic rings. The van der Waals surface area contributed by atoms with Gasteiger partial charge in [0.1, 0.15) is 5.75 Å². The third-order valence-corrected chi connectivity index (χ3v) is 4.40. The normalized spacial score (nSPS) is 11.5. The van der Waals surface area contributed by atoms with E-state index in [0.717, 1.165) is 0 Å². The number of sulfonamides is 1. The molecule has 0 spiro atoms. The van der Waals surface area contributed by atoms with E-state index in [2.05, 4.69) is 9.88 Å². The maximum atomic E-state index is 12.4. The van der Waals surface area contributed by atoms with Crippen LogP contribution in [0.15, 0.2) is 39.9 Å². The summed E-state index contributed by atoms with van der Waals surface area (Å²) in [6.45, 7) is 0.383. The van der Waals surface area contributed by atoms with E-state index in [1.54, 1.807) is 18.2 Å². The minimum absolute atomic E-state index is 0.0381. The van der Waals surface area contributed by atoms with Crippen molar-refractivity contribution in [1.82, 2.24) is 9.88 Å². The number of nitrogens with two attached hydrogens (primary N) is 1. The summed E-state index contributed by atoms with van der Waals surface area (Å²) in [6, 6.07) is 6.38. The molecule has 3 N–H and O–H groups in total. The Kier molecular flexibility index (Phi) is 4.94. The Bertz CT molecular complexity index is 683. The first-order valence-corrected chi connectivity index (χ1v) is 7.81. The van der Waals surface area contributed by atoms with Crippen LogP contribution in [0.3, 0.4) is 0 Å². The fourth-order valence-corrected chi connectivity index (χ4v) is 3.11. The van der Waals surface area contributed by atoms with Crippen molar-refractivity contribution in [2.75, 3.05) is 13.7 Å². The summed E-state index contributed by atoms with van der Waals surface area (Å²) >= 11 is 0. The predicted molar refractivity (Wildman–Crippen MR) is 76.3 cm³/mol. The third kappa shape index (κ3) is 3.81. The summed E-state index contributed by atoms with van der Waals surface area (Å²) in [6.07, 6.45) is 1.90. The Hall–Kier alpha value is -1.90. The van der Waals surface area contributed by atoms with Crippen molar-refractivity contribution >= 4 is 10.0 Å². The first-order valence-electron chi connectivity index (χ1n) is 6.33. The molecule has 0 saturated carbocycles. The van der Waals surface area contributed by atoms with Crippen molar-refractivity contribution in [3.05, 3.63) is 41.8 Å². The van der Waals surface area contributed by atoms with Crippen LogP contribution in [-0.2, 0) is 23.0 Å². The molecule has 114 valence electrons. The van der Waals surface area contributed by atoms with Crippen LogP contribution in [0.25, 0.3) is 0 Å². The van der Waals surface area contributed by atoms with Gasteiger partial charge in [-0.25, -0.2) is 13.1 Å². The van der Waals surface area contributed by atoms with E-state index >= 15 is 0 Å². The molecule has 2 rings (SSSR count). The molecule has 1 aromatic heterocycles. The number of benzene rings is 1. The molecule has 21 heavy (non-hydrogen) atoms. The highest BCUT2D eigenvalue weighted by Gasteiger charge is 2.19. The van der Waals surface area contributed by atoms with Crippen molar-refractivity contribution in [1.29, 1.82) is 0 Å². The van der Waals surface area contributed by atoms with Gasteiger partial charge >= 0.3 is 0 Å². The third-order valence-electron chi connectivity index (χ3n) is 2.90. The summed E-state index contributed by atoms with van der Waals surface area (Å²) in [4.78, 5) is 0.188. The molecule has 0 amide bonds. The monoisotopic (exact) mass is 311 g/mol. The van der Waals surface area contributed by atoms with E-state index in [1.807, 2.05) is 0 Å². The first kappa shape index (κ1) is 15.5. The quantitative estimate of drug-likeness (QED) is 0.778. The molecule has 0 fully saturated rings. The van der Waals surface area contributed by atoms with Crippen LogP contribution in [0, 0.1) is 0 Å². The van der Waals surface area contributed by atoms with Crippen LogP contribution in [0.4, 0.5) is 0 Å². The Morgan fingerprint density at radius 1 is 1.38 bits per heavy atom. The zero-order chi connectivity index (χ0) is 15.3. The topological polar surface area (TPSA) is 107 Å². The van der Waals surface area contributed by atoms with Gasteiger partial charge in [-0.3, -0.25) is 0 Å². The molecule has 8 heteroatoms. The maximum absolute atomic E-state index is 12.4. The van der Waals surface area contributed by atoms with Gasteiger partial charge in [-0.1, -0.05) is 5.16 Å². The van der Waals surface area contributed by atoms with Gasteiger partial charge in [0.25, 0.3) is 0 Å². The summed E-state index contributed by atoms with van der Waals surface area (Å²) in [7, 11) is -2.14. The van der Waals surface area contributed by atoms with Gasteiger partial charge in [0, 0.05) is 6.07 Å². The summed E-state index contributed by atoms with van der Waals surface area (Å²) in [5.74, 6) is 1.03. The lowest BCUT2D eigenvalue weighted by atomic mass is 10.1. The van der Waals surface area contributed by atoms with Crippen molar-refractivity contribution < 1.29 is 17.7 Å². The largest absolute Gasteiger partial charge is 0.497 e. The van der Waals surface area contributed by atoms with Crippen LogP contribution >= 0.6 is 0 Å². The number of nitrogens with one attached hydrogen (secondary N) is 1. The lowest BCUT2D eigenvalue weighted by Gasteiger charge is -2.12. The summed E-state index contributed by atoms with van der Waals surface area (Å²) in [5.41, 5.74) is 6.15. The average molecular weight is 311 g/mol. The van der Waals surface area contributed by atoms with E-state index in [9.17, 15) is 8.42 Å². The van der Waals surface area contributed by atoms with E-state index in [0.29, 0.717) is 30.0 Å². The van der Waals surface area contributed by atoms with Gasteiger partial charge in [-0.05, 0) is 36.7 Å². The smallest absolute Gasteiger partial charge is 0.241 e. The molecule has 1 aromatic carbocycles. The van der Waals surface area contributed by atoms with Crippen LogP contribution < -0.4 is 15.2 Å². The lowest BCUT2D eigenvalue weighted by Crippen LogP contribution is -2.24. The molecule has 0 aliphatic rings. The van der Waals surface area contributed by atoms with Crippen molar-refractivity contribution in [2.45, 2.75) is 17.9 Å². The lowest BCUT2D eigenvalue weighted by molar-refractivity contribution is 0.380. The molecule has 0 unspecified atom stereocenters. The number of methoxy groups -OCH3 is 1. The zero-order valence-corrected chi connectivity index (χ0v) is 12.4. The van der Waals surface area contributed by atoms with Crippen molar-refractivity contribution in [3.8, 4) is 5.75 Å². The second kappa shape index (κ2) is 6.70. The molecule has 0 atom stereocenters. The Labute approximate surface area is 123 Å². The number of nitrogens with zero attached hydrogens (tertiary/aromatic N) is 1. The van der Waals surface area contributed by atoms with Gasteiger partial charge in [0.05, 0.1) is 24.7 Å². The van der Waals surface area contributed by atoms with Crippen LogP contribution in [0.5, 0.6) is 5.75 Å². The second-order valence-corrected chi connectivity index (χ2v) is 6.05. The first-order chi connectivity index (χ1) is 10.1. The number of hydrogen-bond acceptors (Lipinski definition) is 6. The van der Waals surface area contributed by atoms with E-state index in [4.69, 9.17) is 15.0 Å². The van der Waals surface area contributed by atoms with Gasteiger partial charge in [-0.15, -0.1) is 0 Å². The minimum Gasteiger partial charge on any atom is -0.497 e. The molecule has 0 aliphatic carbocycles. The maximum Gasteiger partial charge on any atom is 0.241 e. The standard InChI is InChI=1S/C13H17N3O4S/c1-19-11-2-3-13(10(8-11)4-6-14)21(17,18)16-9-12-5-7-15-20-12/h2-3,5,7-8,16H,4,6,9,14H2,1H3. The van der Waals surface area contributed by atoms with Gasteiger partial charge < -0.3 is 15.0 Å². The van der Waals surface area contributed by atoms with Gasteiger partial charge in [-0.2, -0.15) is 0 Å². The van der Waals surface area contributed by atoms with Crippen LogP contribution in [0.1, 0.15) is 11.3 Å². The molecular weight excluding hydrogens is 294 g/mol. The van der Waals surface area contributed by atoms with Crippen LogP contribution in [-0.4, -0.2) is 27.2 Å². The molecule has 0 bridgehead atoms. The number of hydrogen-bond donors (Lipinski definition) is 2. The molecule has 1 heterocycles. The Morgan fingerprint density at radius 2 is 2.19 bits per heavy atom. The fraction of sp³-hybridized carbons (Fsp3) is 0.308. The Balaban J connectivity index is 2.25. The minimum atomic E-state index is -3.66. The molecular formula is C13H17N3O4S. The summed E-state index contributed by atoms with van der Waals surface area (Å²) < 4.78 is 37.2. The fourth-order valence-electron chi connectivity index (χ4n) is 1.87. The molecule has 0 radical (unpaired) electrons. The summed E-state index contributed by atoms with van der Waals surface area (Å²) in [5, 5.41) is 3.52. The Morgan fingerprint density at radius 3 is 2.81 bits per heavy atom. The molecule has 0 aliphatic heterocycles. The van der Waals surface area contributed by atoms with Gasteiger partial charge in [0.15, 0.2) is 5.76 Å². The molecule has 7 nitrogen and oxygen atoms in total. The van der Waals surface area contributed by atoms with Crippen molar-refractivity contribution in [3.63, 3.8) is 0 Å². The highest BCUT2D eigenvalue weighted by Crippen LogP contribution is 2.22. The number of rotatable bonds is 7. The van der Waals surface area contributed by atoms with Gasteiger partial charge in [0.2, 0.25) is 10.0 Å². The SMILES string of the molecule is COc1ccc(S(=O)(=O)NCc2ccno2)c(CCN)c1. The van der Waals surface area contributed by atoms with Crippen LogP contribution in [0.2, 0.25) is 0 Å². The zero-order valence-electron chi connectivity index (χ0n) is 11.6. The second-order valence-electron chi connectivity index (χ2n) is 4.32. The highest BCUT2D eigenvalue weighted by molar-refractivity contribution is 7.89. The average Bonchev–Trinajstić information content (AvgIpc) is 2.99. The predicted octanol–water partition coefficient (Wildman–Crippen LogP) is 0.663. The highest BCUT2D eigenvalue weighted by atomic mass is 32.2.